The van der Waals surface area contributed by atoms with Gasteiger partial charge in [0.15, 0.2) is 0 Å². The highest BCUT2D eigenvalue weighted by atomic mass is 15.3. The summed E-state index contributed by atoms with van der Waals surface area (Å²) in [6, 6.07) is 0.883. The minimum atomic E-state index is 0.883. The molecule has 0 heterocycles. The van der Waals surface area contributed by atoms with Gasteiger partial charge in [-0.25, -0.2) is 0 Å². The van der Waals surface area contributed by atoms with Crippen molar-refractivity contribution in [3.63, 3.8) is 0 Å². The second-order valence-electron chi connectivity index (χ2n) is 4.23. The summed E-state index contributed by atoms with van der Waals surface area (Å²) in [4.78, 5) is 0. The van der Waals surface area contributed by atoms with Gasteiger partial charge in [-0.3, -0.25) is 0 Å². The number of hydrogen-bond donors (Lipinski definition) is 0. The van der Waals surface area contributed by atoms with Gasteiger partial charge in [0.2, 0.25) is 0 Å². The molecule has 0 N–H and O–H groups in total. The first-order chi connectivity index (χ1) is 4.61. The molecular formula is C9H19N+. The normalized spacial score (nSPS) is 23.1. The van der Waals surface area contributed by atoms with Crippen molar-refractivity contribution < 1.29 is 4.48 Å². The smallest absolute Gasteiger partial charge is 0.0886 e. The first kappa shape index (κ1) is 8.06. The van der Waals surface area contributed by atoms with Crippen molar-refractivity contribution >= 4 is 0 Å². The van der Waals surface area contributed by atoms with E-state index in [1.54, 1.807) is 0 Å². The third kappa shape index (κ3) is 1.98. The topological polar surface area (TPSA) is 0 Å². The fraction of sp³-hybridized carbons (Fsp3) is 0.889. The van der Waals surface area contributed by atoms with E-state index in [0.717, 1.165) is 10.5 Å². The highest BCUT2D eigenvalue weighted by Gasteiger charge is 2.25. The molecule has 1 saturated carbocycles. The zero-order valence-corrected chi connectivity index (χ0v) is 7.43. The minimum Gasteiger partial charge on any atom is -0.328 e. The monoisotopic (exact) mass is 141 g/mol. The fourth-order valence-electron chi connectivity index (χ4n) is 1.63. The molecule has 0 spiro atoms. The number of hydrogen-bond acceptors (Lipinski definition) is 0. The number of nitrogens with zero attached hydrogens (tertiary/aromatic N) is 1. The van der Waals surface area contributed by atoms with Gasteiger partial charge in [-0.05, 0) is 25.7 Å². The van der Waals surface area contributed by atoms with Crippen LogP contribution in [0.1, 0.15) is 25.7 Å². The average Bonchev–Trinajstić information content (AvgIpc) is 1.88. The molecule has 0 aliphatic heterocycles. The standard InChI is InChI=1S/C9H19N/c1-10(2,3)9-7-5-4-6-8-9/h5,9H,4,6-8H2,1-3H3/q+1. The Balaban J connectivity index is 2.39. The second-order valence-corrected chi connectivity index (χ2v) is 4.23. The highest BCUT2D eigenvalue weighted by molar-refractivity contribution is 4.77. The van der Waals surface area contributed by atoms with Gasteiger partial charge in [-0.2, -0.15) is 0 Å². The maximum Gasteiger partial charge on any atom is 0.0886 e. The van der Waals surface area contributed by atoms with Crippen LogP contribution in [0.2, 0.25) is 0 Å². The molecule has 1 radical (unpaired) electrons. The predicted octanol–water partition coefficient (Wildman–Crippen LogP) is 1.84. The van der Waals surface area contributed by atoms with Gasteiger partial charge in [-0.1, -0.05) is 0 Å². The Morgan fingerprint density at radius 1 is 1.30 bits per heavy atom. The quantitative estimate of drug-likeness (QED) is 0.489. The summed E-state index contributed by atoms with van der Waals surface area (Å²) in [5, 5.41) is 0. The average molecular weight is 141 g/mol. The summed E-state index contributed by atoms with van der Waals surface area (Å²) in [5.74, 6) is 0. The predicted molar refractivity (Wildman–Crippen MR) is 44.6 cm³/mol. The summed E-state index contributed by atoms with van der Waals surface area (Å²) in [5.41, 5.74) is 0. The Bertz CT molecular complexity index is 95.8. The van der Waals surface area contributed by atoms with Crippen molar-refractivity contribution in [1.29, 1.82) is 0 Å². The van der Waals surface area contributed by atoms with Crippen LogP contribution in [0.3, 0.4) is 0 Å². The largest absolute Gasteiger partial charge is 0.328 e. The van der Waals surface area contributed by atoms with Gasteiger partial charge < -0.3 is 4.48 Å². The third-order valence-corrected chi connectivity index (χ3v) is 2.48. The van der Waals surface area contributed by atoms with Crippen LogP contribution in [0, 0.1) is 6.42 Å². The molecule has 1 aliphatic rings. The Hall–Kier alpha value is -0.0400. The van der Waals surface area contributed by atoms with E-state index in [2.05, 4.69) is 27.6 Å². The molecule has 1 rings (SSSR count). The molecule has 1 fully saturated rings. The fourth-order valence-corrected chi connectivity index (χ4v) is 1.63. The summed E-state index contributed by atoms with van der Waals surface area (Å²) in [7, 11) is 6.89. The Kier molecular flexibility index (Phi) is 2.35. The van der Waals surface area contributed by atoms with E-state index < -0.39 is 0 Å². The maximum atomic E-state index is 2.44. The van der Waals surface area contributed by atoms with Crippen LogP contribution in [0.25, 0.3) is 0 Å². The summed E-state index contributed by atoms with van der Waals surface area (Å²) in [6.45, 7) is 0. The van der Waals surface area contributed by atoms with Gasteiger partial charge in [0.25, 0.3) is 0 Å². The molecular weight excluding hydrogens is 122 g/mol. The van der Waals surface area contributed by atoms with Crippen LogP contribution in [0.5, 0.6) is 0 Å². The van der Waals surface area contributed by atoms with Crippen molar-refractivity contribution in [3.8, 4) is 0 Å². The van der Waals surface area contributed by atoms with Gasteiger partial charge in [0.05, 0.1) is 27.2 Å². The first-order valence-corrected chi connectivity index (χ1v) is 4.23. The number of quaternary nitrogens is 1. The summed E-state index contributed by atoms with van der Waals surface area (Å²) in [6.07, 6.45) is 7.93. The molecule has 1 heteroatoms. The van der Waals surface area contributed by atoms with E-state index in [4.69, 9.17) is 0 Å². The summed E-state index contributed by atoms with van der Waals surface area (Å²) >= 11 is 0. The molecule has 59 valence electrons. The summed E-state index contributed by atoms with van der Waals surface area (Å²) < 4.78 is 1.14. The van der Waals surface area contributed by atoms with E-state index in [1.807, 2.05) is 0 Å². The maximum absolute atomic E-state index is 2.44. The first-order valence-electron chi connectivity index (χ1n) is 4.23. The Morgan fingerprint density at radius 2 is 2.00 bits per heavy atom. The highest BCUT2D eigenvalue weighted by Crippen LogP contribution is 2.22. The van der Waals surface area contributed by atoms with E-state index in [-0.39, 0.29) is 0 Å². The van der Waals surface area contributed by atoms with Crippen LogP contribution < -0.4 is 0 Å². The third-order valence-electron chi connectivity index (χ3n) is 2.48. The molecule has 1 atom stereocenters. The molecule has 10 heavy (non-hydrogen) atoms. The zero-order valence-electron chi connectivity index (χ0n) is 7.43. The molecule has 0 saturated heterocycles. The lowest BCUT2D eigenvalue weighted by Crippen LogP contribution is -2.46. The molecule has 0 aromatic heterocycles. The van der Waals surface area contributed by atoms with Crippen molar-refractivity contribution in [1.82, 2.24) is 0 Å². The van der Waals surface area contributed by atoms with E-state index in [1.165, 1.54) is 25.7 Å². The minimum absolute atomic E-state index is 0.883. The lowest BCUT2D eigenvalue weighted by molar-refractivity contribution is -0.896. The van der Waals surface area contributed by atoms with Crippen LogP contribution >= 0.6 is 0 Å². The molecule has 0 aromatic carbocycles. The van der Waals surface area contributed by atoms with Crippen LogP contribution in [0.4, 0.5) is 0 Å². The van der Waals surface area contributed by atoms with Crippen molar-refractivity contribution in [2.75, 3.05) is 21.1 Å². The van der Waals surface area contributed by atoms with Gasteiger partial charge in [0, 0.05) is 6.42 Å². The number of rotatable bonds is 1. The Morgan fingerprint density at radius 3 is 2.30 bits per heavy atom. The van der Waals surface area contributed by atoms with E-state index in [9.17, 15) is 0 Å². The Labute approximate surface area is 64.6 Å². The lowest BCUT2D eigenvalue weighted by Gasteiger charge is -2.36. The zero-order chi connectivity index (χ0) is 7.61. The van der Waals surface area contributed by atoms with Crippen molar-refractivity contribution in [2.45, 2.75) is 31.7 Å². The van der Waals surface area contributed by atoms with Gasteiger partial charge in [-0.15, -0.1) is 0 Å². The molecule has 0 aromatic rings. The van der Waals surface area contributed by atoms with Gasteiger partial charge >= 0.3 is 0 Å². The van der Waals surface area contributed by atoms with E-state index >= 15 is 0 Å². The molecule has 1 aliphatic carbocycles. The van der Waals surface area contributed by atoms with E-state index in [0.29, 0.717) is 0 Å². The van der Waals surface area contributed by atoms with Crippen LogP contribution in [0.15, 0.2) is 0 Å². The van der Waals surface area contributed by atoms with Crippen LogP contribution in [-0.2, 0) is 0 Å². The lowest BCUT2D eigenvalue weighted by atomic mass is 9.94. The second kappa shape index (κ2) is 2.91. The molecule has 1 nitrogen and oxygen atoms in total. The van der Waals surface area contributed by atoms with Crippen LogP contribution in [-0.4, -0.2) is 31.7 Å². The van der Waals surface area contributed by atoms with Gasteiger partial charge in [0.1, 0.15) is 0 Å². The van der Waals surface area contributed by atoms with Crippen molar-refractivity contribution in [2.24, 2.45) is 0 Å². The molecule has 1 unspecified atom stereocenters. The van der Waals surface area contributed by atoms with Crippen molar-refractivity contribution in [3.05, 3.63) is 6.42 Å². The SMILES string of the molecule is C[N+](C)(C)C1C[CH]CCC1. The molecule has 0 amide bonds. The molecule has 0 bridgehead atoms.